The lowest BCUT2D eigenvalue weighted by atomic mass is 9.72. The van der Waals surface area contributed by atoms with E-state index in [1.807, 2.05) is 24.3 Å². The van der Waals surface area contributed by atoms with E-state index in [0.717, 1.165) is 68.0 Å². The number of benzene rings is 1. The van der Waals surface area contributed by atoms with Crippen LogP contribution in [0, 0.1) is 5.41 Å². The minimum atomic E-state index is -0.779. The summed E-state index contributed by atoms with van der Waals surface area (Å²) in [5, 5.41) is 15.3. The first-order chi connectivity index (χ1) is 13.9. The number of carbonyl (C=O) groups is 2. The van der Waals surface area contributed by atoms with Crippen LogP contribution in [0.15, 0.2) is 28.7 Å². The van der Waals surface area contributed by atoms with Gasteiger partial charge in [0.2, 0.25) is 0 Å². The van der Waals surface area contributed by atoms with Gasteiger partial charge in [-0.1, -0.05) is 35.2 Å². The fraction of sp³-hybridized carbons (Fsp3) is 0.636. The van der Waals surface area contributed by atoms with Crippen LogP contribution in [0.4, 0.5) is 4.79 Å². The van der Waals surface area contributed by atoms with Crippen molar-refractivity contribution < 1.29 is 19.4 Å². The summed E-state index contributed by atoms with van der Waals surface area (Å²) in [4.78, 5) is 23.7. The van der Waals surface area contributed by atoms with Crippen LogP contribution in [0.25, 0.3) is 0 Å². The number of hydrogen-bond acceptors (Lipinski definition) is 3. The van der Waals surface area contributed by atoms with E-state index in [1.165, 1.54) is 0 Å². The molecule has 6 nitrogen and oxygen atoms in total. The van der Waals surface area contributed by atoms with Crippen LogP contribution in [-0.4, -0.2) is 35.8 Å². The number of carboxylic acids is 1. The Bertz CT molecular complexity index is 681. The summed E-state index contributed by atoms with van der Waals surface area (Å²) in [6.07, 6.45) is 8.87. The van der Waals surface area contributed by atoms with Gasteiger partial charge in [-0.25, -0.2) is 4.79 Å². The van der Waals surface area contributed by atoms with Crippen LogP contribution < -0.4 is 15.4 Å². The van der Waals surface area contributed by atoms with Crippen LogP contribution in [0.3, 0.4) is 0 Å². The number of halogens is 1. The zero-order chi connectivity index (χ0) is 20.7. The Morgan fingerprint density at radius 3 is 2.34 bits per heavy atom. The van der Waals surface area contributed by atoms with Gasteiger partial charge in [-0.3, -0.25) is 4.79 Å². The fourth-order valence-corrected chi connectivity index (χ4v) is 4.84. The molecule has 2 aliphatic carbocycles. The monoisotopic (exact) mass is 466 g/mol. The predicted molar refractivity (Wildman–Crippen MR) is 115 cm³/mol. The van der Waals surface area contributed by atoms with E-state index >= 15 is 0 Å². The number of urea groups is 1. The molecule has 0 radical (unpaired) electrons. The third kappa shape index (κ3) is 6.91. The maximum Gasteiger partial charge on any atom is 0.315 e. The molecule has 2 fully saturated rings. The van der Waals surface area contributed by atoms with Crippen LogP contribution >= 0.6 is 15.9 Å². The smallest absolute Gasteiger partial charge is 0.315 e. The second-order valence-corrected chi connectivity index (χ2v) is 9.42. The van der Waals surface area contributed by atoms with E-state index in [9.17, 15) is 14.7 Å². The van der Waals surface area contributed by atoms with Gasteiger partial charge in [0.15, 0.2) is 0 Å². The highest BCUT2D eigenvalue weighted by molar-refractivity contribution is 9.10. The van der Waals surface area contributed by atoms with Gasteiger partial charge in [-0.2, -0.15) is 0 Å². The van der Waals surface area contributed by atoms with Gasteiger partial charge in [0.05, 0.1) is 12.5 Å². The first-order valence-corrected chi connectivity index (χ1v) is 11.4. The Balaban J connectivity index is 1.40. The molecule has 1 aromatic rings. The Kier molecular flexibility index (Phi) is 7.81. The largest absolute Gasteiger partial charge is 0.490 e. The third-order valence-electron chi connectivity index (χ3n) is 6.19. The Morgan fingerprint density at radius 2 is 1.72 bits per heavy atom. The number of carboxylic acid groups (broad SMARTS) is 1. The van der Waals surface area contributed by atoms with Crippen LogP contribution in [-0.2, 0) is 4.79 Å². The van der Waals surface area contributed by atoms with E-state index in [2.05, 4.69) is 26.6 Å². The molecule has 2 amide bonds. The fourth-order valence-electron chi connectivity index (χ4n) is 4.57. The molecule has 0 saturated heterocycles. The van der Waals surface area contributed by atoms with Crippen molar-refractivity contribution in [2.45, 2.75) is 76.4 Å². The van der Waals surface area contributed by atoms with Crippen molar-refractivity contribution in [2.24, 2.45) is 5.41 Å². The van der Waals surface area contributed by atoms with Crippen molar-refractivity contribution in [3.63, 3.8) is 0 Å². The zero-order valence-electron chi connectivity index (χ0n) is 16.8. The normalized spacial score (nSPS) is 23.8. The zero-order valence-corrected chi connectivity index (χ0v) is 18.4. The second kappa shape index (κ2) is 10.3. The Labute approximate surface area is 180 Å². The number of rotatable bonds is 7. The molecule has 0 bridgehead atoms. The van der Waals surface area contributed by atoms with Gasteiger partial charge < -0.3 is 20.5 Å². The molecule has 0 unspecified atom stereocenters. The molecule has 0 spiro atoms. The minimum Gasteiger partial charge on any atom is -0.490 e. The molecule has 3 N–H and O–H groups in total. The van der Waals surface area contributed by atoms with Crippen LogP contribution in [0.2, 0.25) is 0 Å². The molecule has 2 saturated carbocycles. The molecule has 7 heteroatoms. The van der Waals surface area contributed by atoms with E-state index in [1.54, 1.807) is 0 Å². The van der Waals surface area contributed by atoms with Gasteiger partial charge in [-0.15, -0.1) is 0 Å². The lowest BCUT2D eigenvalue weighted by molar-refractivity contribution is -0.140. The van der Waals surface area contributed by atoms with Crippen molar-refractivity contribution in [3.05, 3.63) is 28.7 Å². The summed E-state index contributed by atoms with van der Waals surface area (Å²) < 4.78 is 7.07. The molecule has 29 heavy (non-hydrogen) atoms. The molecule has 1 aromatic carbocycles. The molecule has 0 atom stereocenters. The van der Waals surface area contributed by atoms with Gasteiger partial charge in [-0.05, 0) is 68.2 Å². The van der Waals surface area contributed by atoms with Gasteiger partial charge in [0.1, 0.15) is 5.75 Å². The first kappa shape index (κ1) is 21.9. The highest BCUT2D eigenvalue weighted by atomic mass is 79.9. The summed E-state index contributed by atoms with van der Waals surface area (Å²) >= 11 is 3.42. The maximum atomic E-state index is 12.4. The lowest BCUT2D eigenvalue weighted by Crippen LogP contribution is -2.48. The van der Waals surface area contributed by atoms with Crippen molar-refractivity contribution in [3.8, 4) is 5.75 Å². The molecule has 160 valence electrons. The summed E-state index contributed by atoms with van der Waals surface area (Å²) in [6.45, 7) is 0.438. The summed E-state index contributed by atoms with van der Waals surface area (Å²) in [7, 11) is 0. The van der Waals surface area contributed by atoms with E-state index in [4.69, 9.17) is 4.74 Å². The standard InChI is InChI=1S/C22H31BrN2O4/c23-16-4-8-18(9-5-16)29-19-10-6-17(7-11-19)25-21(28)24-15-22(14-20(26)27)12-2-1-3-13-22/h4-5,8-9,17,19H,1-3,6-7,10-15H2,(H,26,27)(H2,24,25,28). The van der Waals surface area contributed by atoms with E-state index in [0.29, 0.717) is 6.54 Å². The maximum absolute atomic E-state index is 12.4. The van der Waals surface area contributed by atoms with Crippen LogP contribution in [0.1, 0.15) is 64.2 Å². The van der Waals surface area contributed by atoms with Crippen molar-refractivity contribution in [1.82, 2.24) is 10.6 Å². The number of aliphatic carboxylic acids is 1. The highest BCUT2D eigenvalue weighted by Gasteiger charge is 2.35. The second-order valence-electron chi connectivity index (χ2n) is 8.50. The number of amides is 2. The van der Waals surface area contributed by atoms with Crippen molar-refractivity contribution >= 4 is 27.9 Å². The van der Waals surface area contributed by atoms with Crippen LogP contribution in [0.5, 0.6) is 5.75 Å². The summed E-state index contributed by atoms with van der Waals surface area (Å²) in [5.74, 6) is 0.0942. The van der Waals surface area contributed by atoms with Crippen molar-refractivity contribution in [1.29, 1.82) is 0 Å². The average Bonchev–Trinajstić information content (AvgIpc) is 2.70. The number of ether oxygens (including phenoxy) is 1. The summed E-state index contributed by atoms with van der Waals surface area (Å²) in [6, 6.07) is 7.81. The molecule has 2 aliphatic rings. The Hall–Kier alpha value is -1.76. The molecule has 0 aliphatic heterocycles. The van der Waals surface area contributed by atoms with Crippen molar-refractivity contribution in [2.75, 3.05) is 6.54 Å². The number of hydrogen-bond donors (Lipinski definition) is 3. The SMILES string of the molecule is O=C(O)CC1(CNC(=O)NC2CCC(Oc3ccc(Br)cc3)CC2)CCCCC1. The Morgan fingerprint density at radius 1 is 1.07 bits per heavy atom. The highest BCUT2D eigenvalue weighted by Crippen LogP contribution is 2.38. The van der Waals surface area contributed by atoms with Gasteiger partial charge in [0.25, 0.3) is 0 Å². The first-order valence-electron chi connectivity index (χ1n) is 10.6. The van der Waals surface area contributed by atoms with Gasteiger partial charge in [0, 0.05) is 17.1 Å². The lowest BCUT2D eigenvalue weighted by Gasteiger charge is -2.36. The molecular weight excluding hydrogens is 436 g/mol. The average molecular weight is 467 g/mol. The molecule has 3 rings (SSSR count). The summed E-state index contributed by atoms with van der Waals surface area (Å²) in [5.41, 5.74) is -0.294. The predicted octanol–water partition coefficient (Wildman–Crippen LogP) is 4.86. The topological polar surface area (TPSA) is 87.7 Å². The number of carbonyl (C=O) groups excluding carboxylic acids is 1. The third-order valence-corrected chi connectivity index (χ3v) is 6.72. The number of nitrogens with one attached hydrogen (secondary N) is 2. The van der Waals surface area contributed by atoms with Gasteiger partial charge >= 0.3 is 12.0 Å². The molecule has 0 heterocycles. The molecular formula is C22H31BrN2O4. The van der Waals surface area contributed by atoms with E-state index in [-0.39, 0.29) is 30.0 Å². The molecule has 0 aromatic heterocycles. The quantitative estimate of drug-likeness (QED) is 0.534. The van der Waals surface area contributed by atoms with E-state index < -0.39 is 5.97 Å². The minimum absolute atomic E-state index is 0.131.